The normalized spacial score (nSPS) is 49.8. The topological polar surface area (TPSA) is 175 Å². The van der Waals surface area contributed by atoms with E-state index >= 15 is 0 Å². The van der Waals surface area contributed by atoms with Crippen molar-refractivity contribution in [1.82, 2.24) is 0 Å². The molecular formula is C18H28O11. The van der Waals surface area contributed by atoms with Crippen molar-refractivity contribution in [2.75, 3.05) is 6.61 Å². The van der Waals surface area contributed by atoms with Crippen LogP contribution in [0.4, 0.5) is 0 Å². The Morgan fingerprint density at radius 1 is 1.21 bits per heavy atom. The molecule has 2 aliphatic heterocycles. The minimum absolute atomic E-state index is 0.100. The lowest BCUT2D eigenvalue weighted by Crippen LogP contribution is -2.62. The van der Waals surface area contributed by atoms with Gasteiger partial charge in [-0.2, -0.15) is 0 Å². The molecule has 0 aromatic rings. The molecule has 166 valence electrons. The smallest absolute Gasteiger partial charge is 0.303 e. The van der Waals surface area contributed by atoms with Crippen LogP contribution in [-0.4, -0.2) is 97.5 Å². The Labute approximate surface area is 167 Å². The second kappa shape index (κ2) is 7.75. The lowest BCUT2D eigenvalue weighted by atomic mass is 9.77. The first-order valence-corrected chi connectivity index (χ1v) is 9.34. The molecular weight excluding hydrogens is 392 g/mol. The number of carbonyl (C=O) groups is 1. The zero-order valence-electron chi connectivity index (χ0n) is 16.3. The zero-order chi connectivity index (χ0) is 21.7. The van der Waals surface area contributed by atoms with Gasteiger partial charge in [-0.1, -0.05) is 0 Å². The molecule has 10 atom stereocenters. The van der Waals surface area contributed by atoms with Gasteiger partial charge in [0, 0.05) is 13.3 Å². The van der Waals surface area contributed by atoms with Gasteiger partial charge in [0.2, 0.25) is 6.29 Å². The Morgan fingerprint density at radius 2 is 1.86 bits per heavy atom. The molecule has 11 nitrogen and oxygen atoms in total. The first kappa shape index (κ1) is 22.4. The Kier molecular flexibility index (Phi) is 5.98. The van der Waals surface area contributed by atoms with E-state index in [1.807, 2.05) is 0 Å². The molecule has 0 aromatic heterocycles. The predicted octanol–water partition coefficient (Wildman–Crippen LogP) is -2.50. The Balaban J connectivity index is 1.91. The largest absolute Gasteiger partial charge is 0.472 e. The van der Waals surface area contributed by atoms with E-state index in [9.17, 15) is 35.4 Å². The molecule has 0 bridgehead atoms. The van der Waals surface area contributed by atoms with Crippen LogP contribution in [-0.2, 0) is 23.7 Å². The summed E-state index contributed by atoms with van der Waals surface area (Å²) in [6.07, 6.45) is -9.23. The van der Waals surface area contributed by atoms with Crippen LogP contribution < -0.4 is 0 Å². The monoisotopic (exact) mass is 420 g/mol. The highest BCUT2D eigenvalue weighted by atomic mass is 16.8. The van der Waals surface area contributed by atoms with Gasteiger partial charge in [-0.05, 0) is 19.4 Å². The number of rotatable bonds is 4. The summed E-state index contributed by atoms with van der Waals surface area (Å²) < 4.78 is 21.9. The van der Waals surface area contributed by atoms with Gasteiger partial charge in [0.15, 0.2) is 6.29 Å². The fourth-order valence-electron chi connectivity index (χ4n) is 4.54. The molecule has 0 spiro atoms. The maximum atomic E-state index is 11.6. The molecule has 0 radical (unpaired) electrons. The van der Waals surface area contributed by atoms with Crippen molar-refractivity contribution in [2.45, 2.75) is 81.5 Å². The maximum absolute atomic E-state index is 11.6. The van der Waals surface area contributed by atoms with Crippen LogP contribution in [0, 0.1) is 5.92 Å². The summed E-state index contributed by atoms with van der Waals surface area (Å²) in [5, 5.41) is 61.2. The third-order valence-corrected chi connectivity index (χ3v) is 6.02. The quantitative estimate of drug-likeness (QED) is 0.265. The summed E-state index contributed by atoms with van der Waals surface area (Å²) in [4.78, 5) is 11.6. The lowest BCUT2D eigenvalue weighted by molar-refractivity contribution is -0.352. The average Bonchev–Trinajstić information content (AvgIpc) is 2.84. The standard InChI is InChI=1S/C18H28O11/c1-7-6-26-16(28-15-13(24)12(23)11(22)9(5-19)27-15)14-17(3,29-8(2)20)4-10(21)18(7,14)25/h6,9-16,19,21-25H,4-5H2,1-3H3/t9-,10+,11-,12+,13-,14?,15+,16?,17-,18?/m1/s1. The average molecular weight is 420 g/mol. The van der Waals surface area contributed by atoms with Crippen LogP contribution in [0.1, 0.15) is 27.2 Å². The van der Waals surface area contributed by atoms with Crippen molar-refractivity contribution >= 4 is 5.97 Å². The molecule has 2 fully saturated rings. The molecule has 1 aliphatic carbocycles. The highest BCUT2D eigenvalue weighted by molar-refractivity contribution is 5.66. The van der Waals surface area contributed by atoms with E-state index in [0.29, 0.717) is 5.57 Å². The Morgan fingerprint density at radius 3 is 2.45 bits per heavy atom. The summed E-state index contributed by atoms with van der Waals surface area (Å²) in [7, 11) is 0. The summed E-state index contributed by atoms with van der Waals surface area (Å²) in [6, 6.07) is 0. The molecule has 11 heteroatoms. The van der Waals surface area contributed by atoms with Gasteiger partial charge in [-0.3, -0.25) is 4.79 Å². The van der Waals surface area contributed by atoms with Gasteiger partial charge < -0.3 is 49.6 Å². The fourth-order valence-corrected chi connectivity index (χ4v) is 4.54. The van der Waals surface area contributed by atoms with Crippen LogP contribution in [0.3, 0.4) is 0 Å². The van der Waals surface area contributed by atoms with Gasteiger partial charge >= 0.3 is 5.97 Å². The first-order chi connectivity index (χ1) is 13.5. The predicted molar refractivity (Wildman–Crippen MR) is 92.7 cm³/mol. The van der Waals surface area contributed by atoms with Crippen molar-refractivity contribution in [2.24, 2.45) is 5.92 Å². The zero-order valence-corrected chi connectivity index (χ0v) is 16.3. The highest BCUT2D eigenvalue weighted by Gasteiger charge is 2.68. The summed E-state index contributed by atoms with van der Waals surface area (Å²) >= 11 is 0. The first-order valence-electron chi connectivity index (χ1n) is 9.34. The number of carbonyl (C=O) groups excluding carboxylic acids is 1. The van der Waals surface area contributed by atoms with Gasteiger partial charge in [0.05, 0.1) is 24.9 Å². The molecule has 1 saturated heterocycles. The highest BCUT2D eigenvalue weighted by Crippen LogP contribution is 2.53. The van der Waals surface area contributed by atoms with Crippen LogP contribution >= 0.6 is 0 Å². The summed E-state index contributed by atoms with van der Waals surface area (Å²) in [5.74, 6) is -1.74. The molecule has 0 aromatic carbocycles. The lowest BCUT2D eigenvalue weighted by Gasteiger charge is -2.47. The van der Waals surface area contributed by atoms with Gasteiger partial charge in [0.1, 0.15) is 35.6 Å². The molecule has 29 heavy (non-hydrogen) atoms. The molecule has 2 heterocycles. The minimum Gasteiger partial charge on any atom is -0.472 e. The third kappa shape index (κ3) is 3.55. The molecule has 3 unspecified atom stereocenters. The van der Waals surface area contributed by atoms with Gasteiger partial charge in [-0.15, -0.1) is 0 Å². The van der Waals surface area contributed by atoms with E-state index in [2.05, 4.69) is 0 Å². The van der Waals surface area contributed by atoms with E-state index in [1.165, 1.54) is 20.1 Å². The van der Waals surface area contributed by atoms with Gasteiger partial charge in [0.25, 0.3) is 0 Å². The van der Waals surface area contributed by atoms with Crippen molar-refractivity contribution < 1.29 is 54.4 Å². The van der Waals surface area contributed by atoms with E-state index in [0.717, 1.165) is 0 Å². The SMILES string of the molecule is CC(=O)O[C@]1(C)C[C@H](O)C2(O)C(C)=COC(O[C@@H]3O[C@H](CO)[C@@H](O)[C@H](O)[C@H]3O)C21. The van der Waals surface area contributed by atoms with Crippen LogP contribution in [0.5, 0.6) is 0 Å². The number of aliphatic hydroxyl groups excluding tert-OH is 5. The van der Waals surface area contributed by atoms with E-state index < -0.39 is 72.8 Å². The fraction of sp³-hybridized carbons (Fsp3) is 0.833. The van der Waals surface area contributed by atoms with Crippen molar-refractivity contribution in [1.29, 1.82) is 0 Å². The molecule has 3 aliphatic rings. The Hall–Kier alpha value is -1.31. The summed E-state index contributed by atoms with van der Waals surface area (Å²) in [6.45, 7) is 3.60. The van der Waals surface area contributed by atoms with Crippen LogP contribution in [0.15, 0.2) is 11.8 Å². The summed E-state index contributed by atoms with van der Waals surface area (Å²) in [5.41, 5.74) is -2.94. The van der Waals surface area contributed by atoms with Crippen molar-refractivity contribution in [3.05, 3.63) is 11.8 Å². The third-order valence-electron chi connectivity index (χ3n) is 6.02. The van der Waals surface area contributed by atoms with Crippen LogP contribution in [0.25, 0.3) is 0 Å². The number of hydrogen-bond acceptors (Lipinski definition) is 11. The van der Waals surface area contributed by atoms with E-state index in [-0.39, 0.29) is 6.42 Å². The van der Waals surface area contributed by atoms with Gasteiger partial charge in [-0.25, -0.2) is 0 Å². The Bertz CT molecular complexity index is 666. The molecule has 6 N–H and O–H groups in total. The minimum atomic E-state index is -1.85. The van der Waals surface area contributed by atoms with Crippen LogP contribution in [0.2, 0.25) is 0 Å². The number of esters is 1. The second-order valence-corrected chi connectivity index (χ2v) is 8.07. The number of ether oxygens (including phenoxy) is 4. The molecule has 1 saturated carbocycles. The second-order valence-electron chi connectivity index (χ2n) is 8.07. The van der Waals surface area contributed by atoms with E-state index in [4.69, 9.17) is 18.9 Å². The molecule has 0 amide bonds. The molecule has 3 rings (SSSR count). The van der Waals surface area contributed by atoms with Crippen molar-refractivity contribution in [3.63, 3.8) is 0 Å². The van der Waals surface area contributed by atoms with Crippen molar-refractivity contribution in [3.8, 4) is 0 Å². The number of hydrogen-bond donors (Lipinski definition) is 6. The number of fused-ring (bicyclic) bond motifs is 1. The number of aliphatic hydroxyl groups is 6. The van der Waals surface area contributed by atoms with E-state index in [1.54, 1.807) is 6.92 Å². The maximum Gasteiger partial charge on any atom is 0.303 e.